The Morgan fingerprint density at radius 3 is 2.71 bits per heavy atom. The summed E-state index contributed by atoms with van der Waals surface area (Å²) in [7, 11) is 0. The zero-order valence-corrected chi connectivity index (χ0v) is 17.8. The van der Waals surface area contributed by atoms with Crippen LogP contribution in [0.3, 0.4) is 0 Å². The summed E-state index contributed by atoms with van der Waals surface area (Å²) in [4.78, 5) is 14.3. The number of carbonyl (C=O) groups is 1. The smallest absolute Gasteiger partial charge is 0.415 e. The molecule has 1 saturated heterocycles. The van der Waals surface area contributed by atoms with Crippen LogP contribution in [0.4, 0.5) is 4.79 Å². The van der Waals surface area contributed by atoms with Crippen LogP contribution in [-0.4, -0.2) is 47.5 Å². The molecule has 3 heterocycles. The molecule has 1 atom stereocenters. The predicted molar refractivity (Wildman–Crippen MR) is 111 cm³/mol. The zero-order chi connectivity index (χ0) is 22.2. The zero-order valence-electron chi connectivity index (χ0n) is 17.8. The van der Waals surface area contributed by atoms with Gasteiger partial charge in [-0.3, -0.25) is 5.10 Å². The average Bonchev–Trinajstić information content (AvgIpc) is 3.18. The van der Waals surface area contributed by atoms with Crippen LogP contribution in [0.25, 0.3) is 0 Å². The van der Waals surface area contributed by atoms with E-state index in [-0.39, 0.29) is 16.9 Å². The van der Waals surface area contributed by atoms with Gasteiger partial charge in [0.1, 0.15) is 17.4 Å². The van der Waals surface area contributed by atoms with Crippen molar-refractivity contribution >= 4 is 6.09 Å². The molecule has 162 valence electrons. The Morgan fingerprint density at radius 2 is 2.03 bits per heavy atom. The number of para-hydroxylation sites is 1. The van der Waals surface area contributed by atoms with Crippen molar-refractivity contribution in [1.82, 2.24) is 15.1 Å². The number of H-pyrrole nitrogens is 1. The van der Waals surface area contributed by atoms with Crippen LogP contribution in [-0.2, 0) is 10.2 Å². The third kappa shape index (κ3) is 3.82. The Hall–Kier alpha value is -3.51. The monoisotopic (exact) mass is 423 g/mol. The molecule has 9 heteroatoms. The maximum atomic E-state index is 12.7. The molecule has 2 aromatic rings. The fourth-order valence-corrected chi connectivity index (χ4v) is 3.84. The lowest BCUT2D eigenvalue weighted by Crippen LogP contribution is -2.42. The van der Waals surface area contributed by atoms with Crippen LogP contribution in [0.1, 0.15) is 43.5 Å². The van der Waals surface area contributed by atoms with E-state index in [0.29, 0.717) is 49.1 Å². The largest absolute Gasteiger partial charge is 0.420 e. The molecular formula is C22H25N5O4. The van der Waals surface area contributed by atoms with E-state index in [9.17, 15) is 10.1 Å². The molecule has 0 saturated carbocycles. The van der Waals surface area contributed by atoms with E-state index in [0.717, 1.165) is 5.69 Å². The molecule has 4 rings (SSSR count). The minimum Gasteiger partial charge on any atom is -0.420 e. The fourth-order valence-electron chi connectivity index (χ4n) is 3.84. The Balaban J connectivity index is 1.80. The summed E-state index contributed by atoms with van der Waals surface area (Å²) in [5, 5.41) is 17.2. The quantitative estimate of drug-likeness (QED) is 0.760. The number of hydrogen-bond acceptors (Lipinski definition) is 7. The summed E-state index contributed by atoms with van der Waals surface area (Å²) in [5.41, 5.74) is 8.19. The average molecular weight is 423 g/mol. The molecule has 3 N–H and O–H groups in total. The summed E-state index contributed by atoms with van der Waals surface area (Å²) < 4.78 is 16.7. The molecule has 1 fully saturated rings. The van der Waals surface area contributed by atoms with Crippen molar-refractivity contribution in [2.45, 2.75) is 32.1 Å². The van der Waals surface area contributed by atoms with E-state index in [1.165, 1.54) is 0 Å². The number of ether oxygens (including phenoxy) is 3. The van der Waals surface area contributed by atoms with Crippen molar-refractivity contribution in [1.29, 1.82) is 5.26 Å². The molecule has 0 bridgehead atoms. The number of nitriles is 1. The molecule has 0 aliphatic carbocycles. The predicted octanol–water partition coefficient (Wildman–Crippen LogP) is 2.76. The second-order valence-corrected chi connectivity index (χ2v) is 8.50. The third-order valence-corrected chi connectivity index (χ3v) is 5.39. The lowest BCUT2D eigenvalue weighted by atomic mass is 9.78. The van der Waals surface area contributed by atoms with E-state index in [1.54, 1.807) is 17.0 Å². The molecule has 2 aliphatic heterocycles. The molecule has 2 aliphatic rings. The third-order valence-electron chi connectivity index (χ3n) is 5.39. The molecule has 1 aromatic heterocycles. The maximum Gasteiger partial charge on any atom is 0.415 e. The maximum absolute atomic E-state index is 12.7. The van der Waals surface area contributed by atoms with Gasteiger partial charge in [0.25, 0.3) is 0 Å². The van der Waals surface area contributed by atoms with Gasteiger partial charge in [0.2, 0.25) is 11.8 Å². The van der Waals surface area contributed by atoms with E-state index in [2.05, 4.69) is 16.3 Å². The van der Waals surface area contributed by atoms with Gasteiger partial charge < -0.3 is 24.8 Å². The van der Waals surface area contributed by atoms with Crippen LogP contribution in [0.15, 0.2) is 35.7 Å². The first kappa shape index (κ1) is 20.8. The first-order valence-electron chi connectivity index (χ1n) is 10.1. The van der Waals surface area contributed by atoms with Crippen molar-refractivity contribution < 1.29 is 19.0 Å². The van der Waals surface area contributed by atoms with E-state index in [1.807, 2.05) is 32.9 Å². The highest BCUT2D eigenvalue weighted by atomic mass is 16.6. The van der Waals surface area contributed by atoms with E-state index < -0.39 is 12.0 Å². The van der Waals surface area contributed by atoms with Crippen molar-refractivity contribution in [2.24, 2.45) is 5.73 Å². The number of allylic oxidation sites excluding steroid dienone is 1. The van der Waals surface area contributed by atoms with Gasteiger partial charge in [-0.25, -0.2) is 4.79 Å². The molecule has 31 heavy (non-hydrogen) atoms. The van der Waals surface area contributed by atoms with Gasteiger partial charge in [-0.2, -0.15) is 5.26 Å². The molecule has 1 amide bonds. The van der Waals surface area contributed by atoms with Crippen molar-refractivity contribution in [3.8, 4) is 17.7 Å². The Kier molecular flexibility index (Phi) is 5.33. The number of benzene rings is 1. The number of aromatic amines is 1. The van der Waals surface area contributed by atoms with Crippen molar-refractivity contribution in [3.05, 3.63) is 52.5 Å². The number of hydrogen-bond donors (Lipinski definition) is 2. The van der Waals surface area contributed by atoms with Crippen LogP contribution in [0, 0.1) is 11.3 Å². The number of carbonyl (C=O) groups excluding carboxylic acids is 1. The second-order valence-electron chi connectivity index (χ2n) is 8.50. The van der Waals surface area contributed by atoms with Gasteiger partial charge in [0.05, 0.1) is 24.7 Å². The molecule has 1 aromatic carbocycles. The lowest BCUT2D eigenvalue weighted by Gasteiger charge is -2.29. The van der Waals surface area contributed by atoms with Gasteiger partial charge in [-0.15, -0.1) is 5.10 Å². The number of morpholine rings is 1. The van der Waals surface area contributed by atoms with Gasteiger partial charge in [-0.1, -0.05) is 39.0 Å². The highest BCUT2D eigenvalue weighted by Gasteiger charge is 2.39. The van der Waals surface area contributed by atoms with E-state index in [4.69, 9.17) is 19.9 Å². The highest BCUT2D eigenvalue weighted by molar-refractivity contribution is 5.72. The summed E-state index contributed by atoms with van der Waals surface area (Å²) in [5.74, 6) is 0.0795. The summed E-state index contributed by atoms with van der Waals surface area (Å²) in [6.45, 7) is 7.99. The Morgan fingerprint density at radius 1 is 1.32 bits per heavy atom. The number of nitrogens with two attached hydrogens (primary N) is 1. The molecule has 9 nitrogen and oxygen atoms in total. The summed E-state index contributed by atoms with van der Waals surface area (Å²) in [6.07, 6.45) is -0.457. The fraction of sp³-hybridized carbons (Fsp3) is 0.409. The second kappa shape index (κ2) is 7.96. The molecule has 0 radical (unpaired) electrons. The van der Waals surface area contributed by atoms with Gasteiger partial charge in [-0.05, 0) is 6.07 Å². The van der Waals surface area contributed by atoms with Crippen LogP contribution in [0.5, 0.6) is 11.6 Å². The number of nitrogens with zero attached hydrogens (tertiary/aromatic N) is 3. The minimum atomic E-state index is -0.588. The first-order valence-corrected chi connectivity index (χ1v) is 10.1. The molecule has 0 spiro atoms. The number of aromatic nitrogens is 2. The number of fused-ring (bicyclic) bond motifs is 1. The van der Waals surface area contributed by atoms with Crippen molar-refractivity contribution in [2.75, 3.05) is 26.3 Å². The summed E-state index contributed by atoms with van der Waals surface area (Å²) in [6, 6.07) is 9.33. The molecule has 0 unspecified atom stereocenters. The topological polar surface area (TPSA) is 126 Å². The van der Waals surface area contributed by atoms with Crippen LogP contribution >= 0.6 is 0 Å². The standard InChI is InChI=1S/C22H25N5O4/c1-22(2,3)18-17-16(14(12-23)19(24)31-20(17)26-25-18)13-6-4-5-7-15(13)30-21(28)27-8-10-29-11-9-27/h4-7,16H,8-11,24H2,1-3H3,(H,25,26)/t16-/m1/s1. The number of amides is 1. The Labute approximate surface area is 180 Å². The van der Waals surface area contributed by atoms with Gasteiger partial charge >= 0.3 is 6.09 Å². The SMILES string of the molecule is CC(C)(C)c1[nH]nc2c1[C@H](c1ccccc1OC(=O)N1CCOCC1)C(C#N)=C(N)O2. The highest BCUT2D eigenvalue weighted by Crippen LogP contribution is 2.47. The first-order chi connectivity index (χ1) is 14.8. The number of rotatable bonds is 2. The van der Waals surface area contributed by atoms with Crippen LogP contribution in [0.2, 0.25) is 0 Å². The minimum absolute atomic E-state index is 0.0127. The van der Waals surface area contributed by atoms with Crippen molar-refractivity contribution in [3.63, 3.8) is 0 Å². The summed E-state index contributed by atoms with van der Waals surface area (Å²) >= 11 is 0. The molecular weight excluding hydrogens is 398 g/mol. The van der Waals surface area contributed by atoms with E-state index >= 15 is 0 Å². The lowest BCUT2D eigenvalue weighted by molar-refractivity contribution is 0.0415. The van der Waals surface area contributed by atoms with Gasteiger partial charge in [0.15, 0.2) is 0 Å². The Bertz CT molecular complexity index is 1070. The number of nitrogens with one attached hydrogen (secondary N) is 1. The normalized spacial score (nSPS) is 18.8. The van der Waals surface area contributed by atoms with Gasteiger partial charge in [0, 0.05) is 29.8 Å². The van der Waals surface area contributed by atoms with Crippen LogP contribution < -0.4 is 15.2 Å².